The second-order valence-electron chi connectivity index (χ2n) is 3.41. The van der Waals surface area contributed by atoms with E-state index in [2.05, 4.69) is 4.84 Å². The SMILES string of the molecule is CC.CC.CC.CCC(=O)ON1C(=O)CC(C)CC1=O. The molecule has 0 bridgehead atoms. The molecule has 0 N–H and O–H groups in total. The van der Waals surface area contributed by atoms with E-state index in [1.807, 2.05) is 48.5 Å². The van der Waals surface area contributed by atoms with Crippen LogP contribution in [-0.2, 0) is 19.2 Å². The van der Waals surface area contributed by atoms with Crippen molar-refractivity contribution in [1.29, 1.82) is 0 Å². The van der Waals surface area contributed by atoms with E-state index in [0.29, 0.717) is 5.06 Å². The maximum absolute atomic E-state index is 11.3. The Labute approximate surface area is 123 Å². The average Bonchev–Trinajstić information content (AvgIpc) is 2.49. The summed E-state index contributed by atoms with van der Waals surface area (Å²) in [5.41, 5.74) is 0. The van der Waals surface area contributed by atoms with E-state index >= 15 is 0 Å². The largest absolute Gasteiger partial charge is 0.332 e. The summed E-state index contributed by atoms with van der Waals surface area (Å²) < 4.78 is 0. The first-order valence-electron chi connectivity index (χ1n) is 7.61. The number of nitrogens with zero attached hydrogens (tertiary/aromatic N) is 1. The van der Waals surface area contributed by atoms with Crippen LogP contribution >= 0.6 is 0 Å². The molecule has 0 atom stereocenters. The first kappa shape index (κ1) is 23.7. The summed E-state index contributed by atoms with van der Waals surface area (Å²) in [6.45, 7) is 15.4. The molecule has 0 aromatic heterocycles. The van der Waals surface area contributed by atoms with E-state index in [-0.39, 0.29) is 25.2 Å². The van der Waals surface area contributed by atoms with Crippen molar-refractivity contribution in [3.8, 4) is 0 Å². The highest BCUT2D eigenvalue weighted by atomic mass is 16.7. The number of carbonyl (C=O) groups is 3. The van der Waals surface area contributed by atoms with Crippen molar-refractivity contribution >= 4 is 17.8 Å². The molecular formula is C15H31NO4. The second-order valence-corrected chi connectivity index (χ2v) is 3.41. The fourth-order valence-electron chi connectivity index (χ4n) is 1.24. The van der Waals surface area contributed by atoms with Gasteiger partial charge in [-0.1, -0.05) is 55.4 Å². The first-order valence-corrected chi connectivity index (χ1v) is 7.61. The van der Waals surface area contributed by atoms with Crippen molar-refractivity contribution in [1.82, 2.24) is 5.06 Å². The second kappa shape index (κ2) is 15.7. The lowest BCUT2D eigenvalue weighted by molar-refractivity contribution is -0.206. The van der Waals surface area contributed by atoms with Crippen LogP contribution in [0.15, 0.2) is 0 Å². The number of carbonyl (C=O) groups excluding carboxylic acids is 3. The Morgan fingerprint density at radius 3 is 1.70 bits per heavy atom. The Morgan fingerprint density at radius 2 is 1.40 bits per heavy atom. The van der Waals surface area contributed by atoms with Crippen molar-refractivity contribution in [2.24, 2.45) is 5.92 Å². The minimum absolute atomic E-state index is 0.0339. The van der Waals surface area contributed by atoms with Gasteiger partial charge in [-0.05, 0) is 5.92 Å². The van der Waals surface area contributed by atoms with Crippen molar-refractivity contribution in [2.75, 3.05) is 0 Å². The Kier molecular flexibility index (Phi) is 18.6. The number of hydrogen-bond acceptors (Lipinski definition) is 4. The quantitative estimate of drug-likeness (QED) is 0.727. The zero-order valence-corrected chi connectivity index (χ0v) is 14.3. The maximum Gasteiger partial charge on any atom is 0.332 e. The monoisotopic (exact) mass is 289 g/mol. The number of rotatable bonds is 2. The molecule has 0 aromatic rings. The molecule has 1 saturated heterocycles. The summed E-state index contributed by atoms with van der Waals surface area (Å²) in [7, 11) is 0. The maximum atomic E-state index is 11.3. The smallest absolute Gasteiger partial charge is 0.330 e. The van der Waals surface area contributed by atoms with Gasteiger partial charge in [-0.15, -0.1) is 5.06 Å². The predicted octanol–water partition coefficient (Wildman–Crippen LogP) is 3.72. The van der Waals surface area contributed by atoms with E-state index in [9.17, 15) is 14.4 Å². The number of imide groups is 1. The summed E-state index contributed by atoms with van der Waals surface area (Å²) in [4.78, 5) is 38.1. The summed E-state index contributed by atoms with van der Waals surface area (Å²) in [5, 5.41) is 0.589. The molecule has 1 rings (SSSR count). The van der Waals surface area contributed by atoms with Gasteiger partial charge in [-0.3, -0.25) is 9.59 Å². The highest BCUT2D eigenvalue weighted by molar-refractivity contribution is 5.97. The number of amides is 2. The van der Waals surface area contributed by atoms with E-state index in [4.69, 9.17) is 0 Å². The van der Waals surface area contributed by atoms with E-state index in [1.54, 1.807) is 6.92 Å². The number of piperidine rings is 1. The van der Waals surface area contributed by atoms with Gasteiger partial charge in [0.15, 0.2) is 0 Å². The summed E-state index contributed by atoms with van der Waals surface area (Å²) in [5.74, 6) is -1.40. The molecule has 0 spiro atoms. The molecule has 1 aliphatic rings. The molecule has 0 saturated carbocycles. The summed E-state index contributed by atoms with van der Waals surface area (Å²) >= 11 is 0. The van der Waals surface area contributed by atoms with Crippen molar-refractivity contribution in [3.05, 3.63) is 0 Å². The molecule has 0 aromatic carbocycles. The average molecular weight is 289 g/mol. The zero-order valence-electron chi connectivity index (χ0n) is 14.3. The minimum Gasteiger partial charge on any atom is -0.330 e. The van der Waals surface area contributed by atoms with Gasteiger partial charge >= 0.3 is 5.97 Å². The highest BCUT2D eigenvalue weighted by Gasteiger charge is 2.33. The molecule has 20 heavy (non-hydrogen) atoms. The third-order valence-corrected chi connectivity index (χ3v) is 1.98. The van der Waals surface area contributed by atoms with E-state index in [1.165, 1.54) is 0 Å². The Balaban J connectivity index is -0.000000425. The third kappa shape index (κ3) is 9.53. The van der Waals surface area contributed by atoms with Crippen LogP contribution in [0.3, 0.4) is 0 Å². The van der Waals surface area contributed by atoms with Crippen molar-refractivity contribution in [2.45, 2.75) is 74.7 Å². The minimum atomic E-state index is -0.568. The fourth-order valence-corrected chi connectivity index (χ4v) is 1.24. The van der Waals surface area contributed by atoms with Crippen LogP contribution in [0.25, 0.3) is 0 Å². The molecule has 120 valence electrons. The standard InChI is InChI=1S/C9H13NO4.3C2H6/c1-3-9(13)14-10-7(11)4-6(2)5-8(10)12;3*1-2/h6H,3-5H2,1-2H3;3*1-2H3. The van der Waals surface area contributed by atoms with Crippen LogP contribution in [0.5, 0.6) is 0 Å². The molecule has 1 aliphatic heterocycles. The van der Waals surface area contributed by atoms with Crippen LogP contribution in [0.4, 0.5) is 0 Å². The number of hydrogen-bond donors (Lipinski definition) is 0. The van der Waals surface area contributed by atoms with Gasteiger partial charge in [-0.25, -0.2) is 4.79 Å². The molecule has 1 heterocycles. The molecular weight excluding hydrogens is 258 g/mol. The lowest BCUT2D eigenvalue weighted by Crippen LogP contribution is -2.43. The molecule has 5 nitrogen and oxygen atoms in total. The Bertz CT molecular complexity index is 259. The van der Waals surface area contributed by atoms with Crippen LogP contribution in [0.2, 0.25) is 0 Å². The van der Waals surface area contributed by atoms with Crippen LogP contribution in [0.1, 0.15) is 74.7 Å². The molecule has 2 amide bonds. The highest BCUT2D eigenvalue weighted by Crippen LogP contribution is 2.19. The van der Waals surface area contributed by atoms with Crippen LogP contribution < -0.4 is 0 Å². The molecule has 0 aliphatic carbocycles. The lowest BCUT2D eigenvalue weighted by atomic mass is 9.99. The fraction of sp³-hybridized carbons (Fsp3) is 0.800. The third-order valence-electron chi connectivity index (χ3n) is 1.98. The molecule has 0 unspecified atom stereocenters. The predicted molar refractivity (Wildman–Crippen MR) is 80.7 cm³/mol. The van der Waals surface area contributed by atoms with Crippen LogP contribution in [-0.4, -0.2) is 22.8 Å². The summed E-state index contributed by atoms with van der Waals surface area (Å²) in [6, 6.07) is 0. The first-order chi connectivity index (χ1) is 9.54. The molecule has 0 radical (unpaired) electrons. The number of hydroxylamine groups is 2. The van der Waals surface area contributed by atoms with Gasteiger partial charge < -0.3 is 4.84 Å². The normalized spacial score (nSPS) is 13.9. The van der Waals surface area contributed by atoms with Gasteiger partial charge in [0.25, 0.3) is 11.8 Å². The van der Waals surface area contributed by atoms with Gasteiger partial charge in [0, 0.05) is 19.3 Å². The van der Waals surface area contributed by atoms with Crippen LogP contribution in [0, 0.1) is 5.92 Å². The van der Waals surface area contributed by atoms with Crippen molar-refractivity contribution in [3.63, 3.8) is 0 Å². The lowest BCUT2D eigenvalue weighted by Gasteiger charge is -2.25. The van der Waals surface area contributed by atoms with E-state index in [0.717, 1.165) is 0 Å². The van der Waals surface area contributed by atoms with E-state index < -0.39 is 17.8 Å². The molecule has 1 fully saturated rings. The van der Waals surface area contributed by atoms with Gasteiger partial charge in [-0.2, -0.15) is 0 Å². The van der Waals surface area contributed by atoms with Crippen molar-refractivity contribution < 1.29 is 19.2 Å². The summed E-state index contributed by atoms with van der Waals surface area (Å²) in [6.07, 6.45) is 0.651. The Hall–Kier alpha value is -1.39. The zero-order chi connectivity index (χ0) is 16.7. The van der Waals surface area contributed by atoms with Gasteiger partial charge in [0.2, 0.25) is 0 Å². The topological polar surface area (TPSA) is 63.7 Å². The molecule has 5 heteroatoms. The van der Waals surface area contributed by atoms with Gasteiger partial charge in [0.1, 0.15) is 0 Å². The van der Waals surface area contributed by atoms with Gasteiger partial charge in [0.05, 0.1) is 0 Å². The Morgan fingerprint density at radius 1 is 1.05 bits per heavy atom.